The summed E-state index contributed by atoms with van der Waals surface area (Å²) in [6.07, 6.45) is -1.67. The lowest BCUT2D eigenvalue weighted by molar-refractivity contribution is -0.127. The molecule has 0 bridgehead atoms. The van der Waals surface area contributed by atoms with Crippen LogP contribution >= 0.6 is 23.4 Å². The molecule has 0 aliphatic carbocycles. The molecular weight excluding hydrogens is 274 g/mol. The number of hydrogen-bond acceptors (Lipinski definition) is 4. The van der Waals surface area contributed by atoms with Gasteiger partial charge in [-0.1, -0.05) is 23.7 Å². The number of carbonyl (C=O) groups is 1. The second kappa shape index (κ2) is 5.93. The van der Waals surface area contributed by atoms with Gasteiger partial charge in [-0.2, -0.15) is 0 Å². The van der Waals surface area contributed by atoms with E-state index in [0.717, 1.165) is 4.90 Å². The molecule has 0 spiro atoms. The summed E-state index contributed by atoms with van der Waals surface area (Å²) in [4.78, 5) is 14.2. The van der Waals surface area contributed by atoms with Gasteiger partial charge in [0.2, 0.25) is 5.91 Å². The number of likely N-dealkylation sites (tertiary alicyclic amines) is 1. The number of thioether (sulfide) groups is 1. The maximum absolute atomic E-state index is 11.9. The standard InChI is InChI=1S/C12H14ClNO3S/c13-8-3-1-2-4-11(8)18-7-12(17)14-5-9(15)10(16)6-14/h1-4,9-10,15-16H,5-7H2/t9-,10+. The topological polar surface area (TPSA) is 60.8 Å². The lowest BCUT2D eigenvalue weighted by Gasteiger charge is -2.15. The van der Waals surface area contributed by atoms with E-state index in [-0.39, 0.29) is 24.7 Å². The smallest absolute Gasteiger partial charge is 0.233 e. The van der Waals surface area contributed by atoms with Gasteiger partial charge < -0.3 is 15.1 Å². The minimum atomic E-state index is -0.834. The zero-order valence-electron chi connectivity index (χ0n) is 9.62. The van der Waals surface area contributed by atoms with Crippen LogP contribution in [0.2, 0.25) is 5.02 Å². The molecule has 1 heterocycles. The largest absolute Gasteiger partial charge is 0.388 e. The molecule has 1 fully saturated rings. The van der Waals surface area contributed by atoms with Crippen LogP contribution in [0.25, 0.3) is 0 Å². The molecule has 4 nitrogen and oxygen atoms in total. The van der Waals surface area contributed by atoms with Gasteiger partial charge in [0, 0.05) is 18.0 Å². The number of rotatable bonds is 3. The second-order valence-corrected chi connectivity index (χ2v) is 5.58. The molecule has 2 N–H and O–H groups in total. The van der Waals surface area contributed by atoms with E-state index in [4.69, 9.17) is 11.6 Å². The predicted molar refractivity (Wildman–Crippen MR) is 70.8 cm³/mol. The third-order valence-electron chi connectivity index (χ3n) is 2.80. The molecule has 98 valence electrons. The van der Waals surface area contributed by atoms with Crippen LogP contribution in [-0.4, -0.2) is 52.1 Å². The van der Waals surface area contributed by atoms with E-state index < -0.39 is 12.2 Å². The van der Waals surface area contributed by atoms with Crippen LogP contribution in [0, 0.1) is 0 Å². The minimum Gasteiger partial charge on any atom is -0.388 e. The zero-order chi connectivity index (χ0) is 13.1. The third-order valence-corrected chi connectivity index (χ3v) is 4.30. The first kappa shape index (κ1) is 13.7. The maximum Gasteiger partial charge on any atom is 0.233 e. The molecular formula is C12H14ClNO3S. The van der Waals surface area contributed by atoms with Crippen molar-refractivity contribution in [3.8, 4) is 0 Å². The van der Waals surface area contributed by atoms with Crippen molar-refractivity contribution < 1.29 is 15.0 Å². The summed E-state index contributed by atoms with van der Waals surface area (Å²) in [6, 6.07) is 7.33. The Labute approximate surface area is 115 Å². The number of aliphatic hydroxyl groups is 2. The molecule has 0 aromatic heterocycles. The Bertz CT molecular complexity index is 433. The maximum atomic E-state index is 11.9. The Morgan fingerprint density at radius 2 is 1.94 bits per heavy atom. The zero-order valence-corrected chi connectivity index (χ0v) is 11.2. The van der Waals surface area contributed by atoms with Crippen molar-refractivity contribution in [1.82, 2.24) is 4.90 Å². The van der Waals surface area contributed by atoms with Crippen molar-refractivity contribution in [3.05, 3.63) is 29.3 Å². The molecule has 1 amide bonds. The average Bonchev–Trinajstić information content (AvgIpc) is 2.68. The summed E-state index contributed by atoms with van der Waals surface area (Å²) in [5, 5.41) is 19.4. The normalized spacial score (nSPS) is 23.4. The van der Waals surface area contributed by atoms with E-state index in [1.54, 1.807) is 6.07 Å². The van der Waals surface area contributed by atoms with Crippen molar-refractivity contribution in [2.45, 2.75) is 17.1 Å². The summed E-state index contributed by atoms with van der Waals surface area (Å²) < 4.78 is 0. The summed E-state index contributed by atoms with van der Waals surface area (Å²) in [5.74, 6) is 0.152. The number of hydrogen-bond donors (Lipinski definition) is 2. The quantitative estimate of drug-likeness (QED) is 0.814. The lowest BCUT2D eigenvalue weighted by atomic mass is 10.3. The van der Waals surface area contributed by atoms with Crippen LogP contribution in [-0.2, 0) is 4.79 Å². The van der Waals surface area contributed by atoms with Crippen LogP contribution in [0.3, 0.4) is 0 Å². The SMILES string of the molecule is O=C(CSc1ccccc1Cl)N1C[C@@H](O)[C@@H](O)C1. The molecule has 0 saturated carbocycles. The summed E-state index contributed by atoms with van der Waals surface area (Å²) in [6.45, 7) is 0.395. The number of carbonyl (C=O) groups excluding carboxylic acids is 1. The van der Waals surface area contributed by atoms with Gasteiger partial charge >= 0.3 is 0 Å². The van der Waals surface area contributed by atoms with Crippen molar-refractivity contribution in [1.29, 1.82) is 0 Å². The Morgan fingerprint density at radius 1 is 1.33 bits per heavy atom. The minimum absolute atomic E-state index is 0.101. The number of β-amino-alcohol motifs (C(OH)–C–C–N with tert-alkyl or cyclic N) is 2. The Morgan fingerprint density at radius 3 is 2.56 bits per heavy atom. The summed E-state index contributed by atoms with van der Waals surface area (Å²) in [5.41, 5.74) is 0. The molecule has 2 rings (SSSR count). The van der Waals surface area contributed by atoms with E-state index in [0.29, 0.717) is 5.02 Å². The van der Waals surface area contributed by atoms with Gasteiger partial charge in [0.15, 0.2) is 0 Å². The molecule has 0 unspecified atom stereocenters. The van der Waals surface area contributed by atoms with Gasteiger partial charge in [-0.15, -0.1) is 11.8 Å². The van der Waals surface area contributed by atoms with E-state index in [2.05, 4.69) is 0 Å². The number of benzene rings is 1. The van der Waals surface area contributed by atoms with Crippen LogP contribution in [0.15, 0.2) is 29.2 Å². The van der Waals surface area contributed by atoms with E-state index >= 15 is 0 Å². The molecule has 1 aromatic carbocycles. The van der Waals surface area contributed by atoms with Crippen molar-refractivity contribution in [2.75, 3.05) is 18.8 Å². The summed E-state index contributed by atoms with van der Waals surface area (Å²) in [7, 11) is 0. The number of aliphatic hydroxyl groups excluding tert-OH is 2. The molecule has 6 heteroatoms. The second-order valence-electron chi connectivity index (χ2n) is 4.15. The van der Waals surface area contributed by atoms with Gasteiger partial charge in [-0.05, 0) is 12.1 Å². The highest BCUT2D eigenvalue weighted by Gasteiger charge is 2.32. The van der Waals surface area contributed by atoms with Crippen molar-refractivity contribution in [3.63, 3.8) is 0 Å². The molecule has 1 aromatic rings. The first-order chi connectivity index (χ1) is 8.58. The average molecular weight is 288 g/mol. The van der Waals surface area contributed by atoms with Gasteiger partial charge in [-0.3, -0.25) is 4.79 Å². The van der Waals surface area contributed by atoms with E-state index in [1.807, 2.05) is 18.2 Å². The van der Waals surface area contributed by atoms with Gasteiger partial charge in [-0.25, -0.2) is 0 Å². The van der Waals surface area contributed by atoms with Crippen molar-refractivity contribution in [2.24, 2.45) is 0 Å². The third kappa shape index (κ3) is 3.17. The molecule has 1 aliphatic heterocycles. The summed E-state index contributed by atoms with van der Waals surface area (Å²) >= 11 is 7.35. The highest BCUT2D eigenvalue weighted by Crippen LogP contribution is 2.27. The Kier molecular flexibility index (Phi) is 4.50. The molecule has 0 radical (unpaired) electrons. The van der Waals surface area contributed by atoms with Crippen molar-refractivity contribution >= 4 is 29.3 Å². The van der Waals surface area contributed by atoms with Crippen LogP contribution in [0.1, 0.15) is 0 Å². The first-order valence-electron chi connectivity index (χ1n) is 5.59. The first-order valence-corrected chi connectivity index (χ1v) is 6.95. The highest BCUT2D eigenvalue weighted by atomic mass is 35.5. The monoisotopic (exact) mass is 287 g/mol. The van der Waals surface area contributed by atoms with E-state index in [9.17, 15) is 15.0 Å². The van der Waals surface area contributed by atoms with Gasteiger partial charge in [0.1, 0.15) is 0 Å². The van der Waals surface area contributed by atoms with Crippen LogP contribution < -0.4 is 0 Å². The van der Waals surface area contributed by atoms with Crippen LogP contribution in [0.4, 0.5) is 0 Å². The fraction of sp³-hybridized carbons (Fsp3) is 0.417. The molecule has 18 heavy (non-hydrogen) atoms. The fourth-order valence-corrected chi connectivity index (χ4v) is 2.91. The highest BCUT2D eigenvalue weighted by molar-refractivity contribution is 8.00. The number of amides is 1. The van der Waals surface area contributed by atoms with Gasteiger partial charge in [0.05, 0.1) is 23.0 Å². The Balaban J connectivity index is 1.88. The molecule has 2 atom stereocenters. The predicted octanol–water partition coefficient (Wildman–Crippen LogP) is 0.996. The van der Waals surface area contributed by atoms with Crippen LogP contribution in [0.5, 0.6) is 0 Å². The number of nitrogens with zero attached hydrogens (tertiary/aromatic N) is 1. The lowest BCUT2D eigenvalue weighted by Crippen LogP contribution is -2.31. The Hall–Kier alpha value is -0.750. The molecule has 1 saturated heterocycles. The van der Waals surface area contributed by atoms with E-state index in [1.165, 1.54) is 16.7 Å². The van der Waals surface area contributed by atoms with Gasteiger partial charge in [0.25, 0.3) is 0 Å². The number of halogens is 1. The molecule has 1 aliphatic rings. The fourth-order valence-electron chi connectivity index (χ4n) is 1.77.